The van der Waals surface area contributed by atoms with Crippen molar-refractivity contribution in [2.45, 2.75) is 32.1 Å². The maximum atomic E-state index is 12.0. The summed E-state index contributed by atoms with van der Waals surface area (Å²) in [6.07, 6.45) is 6.34. The van der Waals surface area contributed by atoms with Gasteiger partial charge < -0.3 is 10.2 Å². The largest absolute Gasteiger partial charge is 0.342 e. The molecule has 0 bridgehead atoms. The molecule has 0 saturated carbocycles. The second kappa shape index (κ2) is 7.27. The van der Waals surface area contributed by atoms with Crippen LogP contribution in [0, 0.1) is 5.92 Å². The summed E-state index contributed by atoms with van der Waals surface area (Å²) in [5.74, 6) is 3.01. The van der Waals surface area contributed by atoms with Crippen LogP contribution < -0.4 is 5.32 Å². The average molecular weight is 256 g/mol. The molecule has 1 amide bonds. The molecule has 0 spiro atoms. The molecule has 2 rings (SSSR count). The standard InChI is InChI=1S/C13H24N2OS/c16-13(11-17-10-12-8-14-9-12)15-6-4-2-1-3-5-7-15/h12,14H,1-11H2. The Balaban J connectivity index is 1.62. The van der Waals surface area contributed by atoms with Gasteiger partial charge >= 0.3 is 0 Å². The molecule has 2 heterocycles. The van der Waals surface area contributed by atoms with Crippen LogP contribution in [-0.2, 0) is 4.79 Å². The number of carbonyl (C=O) groups is 1. The van der Waals surface area contributed by atoms with Crippen LogP contribution in [0.25, 0.3) is 0 Å². The lowest BCUT2D eigenvalue weighted by Crippen LogP contribution is -2.43. The number of thioether (sulfide) groups is 1. The smallest absolute Gasteiger partial charge is 0.232 e. The van der Waals surface area contributed by atoms with E-state index in [1.807, 2.05) is 11.8 Å². The Morgan fingerprint density at radius 2 is 1.76 bits per heavy atom. The third kappa shape index (κ3) is 4.51. The predicted octanol–water partition coefficient (Wildman–Crippen LogP) is 1.73. The zero-order valence-electron chi connectivity index (χ0n) is 10.6. The first-order valence-electron chi connectivity index (χ1n) is 6.92. The number of nitrogens with zero attached hydrogens (tertiary/aromatic N) is 1. The van der Waals surface area contributed by atoms with E-state index in [1.165, 1.54) is 32.1 Å². The van der Waals surface area contributed by atoms with Crippen molar-refractivity contribution >= 4 is 17.7 Å². The van der Waals surface area contributed by atoms with E-state index in [9.17, 15) is 4.79 Å². The summed E-state index contributed by atoms with van der Waals surface area (Å²) in [5.41, 5.74) is 0. The van der Waals surface area contributed by atoms with Crippen LogP contribution in [0.1, 0.15) is 32.1 Å². The topological polar surface area (TPSA) is 32.3 Å². The molecular formula is C13H24N2OS. The molecule has 2 fully saturated rings. The summed E-state index contributed by atoms with van der Waals surface area (Å²) in [5, 5.41) is 3.27. The van der Waals surface area contributed by atoms with E-state index in [4.69, 9.17) is 0 Å². The summed E-state index contributed by atoms with van der Waals surface area (Å²) in [7, 11) is 0. The summed E-state index contributed by atoms with van der Waals surface area (Å²) >= 11 is 1.82. The van der Waals surface area contributed by atoms with E-state index in [1.54, 1.807) is 0 Å². The van der Waals surface area contributed by atoms with Gasteiger partial charge in [-0.3, -0.25) is 4.79 Å². The van der Waals surface area contributed by atoms with Crippen LogP contribution in [0.2, 0.25) is 0 Å². The van der Waals surface area contributed by atoms with Gasteiger partial charge in [0.15, 0.2) is 0 Å². The van der Waals surface area contributed by atoms with Gasteiger partial charge in [0, 0.05) is 13.1 Å². The van der Waals surface area contributed by atoms with E-state index in [0.717, 1.165) is 37.8 Å². The Morgan fingerprint density at radius 3 is 2.35 bits per heavy atom. The average Bonchev–Trinajstić information content (AvgIpc) is 2.21. The molecule has 2 saturated heterocycles. The number of carbonyl (C=O) groups excluding carboxylic acids is 1. The first-order valence-corrected chi connectivity index (χ1v) is 8.08. The molecule has 3 nitrogen and oxygen atoms in total. The molecule has 0 radical (unpaired) electrons. The minimum atomic E-state index is 0.365. The van der Waals surface area contributed by atoms with E-state index in [0.29, 0.717) is 11.7 Å². The third-order valence-electron chi connectivity index (χ3n) is 3.65. The van der Waals surface area contributed by atoms with Crippen LogP contribution in [-0.4, -0.2) is 48.5 Å². The summed E-state index contributed by atoms with van der Waals surface area (Å²) < 4.78 is 0. The minimum Gasteiger partial charge on any atom is -0.342 e. The Bertz CT molecular complexity index is 236. The summed E-state index contributed by atoms with van der Waals surface area (Å²) in [4.78, 5) is 14.1. The Kier molecular flexibility index (Phi) is 5.65. The van der Waals surface area contributed by atoms with Gasteiger partial charge in [-0.25, -0.2) is 0 Å². The fourth-order valence-corrected chi connectivity index (χ4v) is 3.41. The van der Waals surface area contributed by atoms with Gasteiger partial charge in [0.1, 0.15) is 0 Å². The van der Waals surface area contributed by atoms with Gasteiger partial charge in [-0.1, -0.05) is 19.3 Å². The van der Waals surface area contributed by atoms with Crippen LogP contribution in [0.5, 0.6) is 0 Å². The van der Waals surface area contributed by atoms with Crippen molar-refractivity contribution in [3.8, 4) is 0 Å². The molecule has 0 atom stereocenters. The number of likely N-dealkylation sites (tertiary alicyclic amines) is 1. The number of amides is 1. The van der Waals surface area contributed by atoms with E-state index < -0.39 is 0 Å². The fraction of sp³-hybridized carbons (Fsp3) is 0.923. The van der Waals surface area contributed by atoms with Crippen molar-refractivity contribution in [1.29, 1.82) is 0 Å². The van der Waals surface area contributed by atoms with Crippen molar-refractivity contribution in [3.63, 3.8) is 0 Å². The molecular weight excluding hydrogens is 232 g/mol. The highest BCUT2D eigenvalue weighted by molar-refractivity contribution is 7.99. The molecule has 0 aromatic carbocycles. The van der Waals surface area contributed by atoms with Crippen molar-refractivity contribution in [2.24, 2.45) is 5.92 Å². The van der Waals surface area contributed by atoms with Crippen molar-refractivity contribution in [3.05, 3.63) is 0 Å². The lowest BCUT2D eigenvalue weighted by Gasteiger charge is -2.27. The Labute approximate surface area is 109 Å². The number of rotatable bonds is 4. The van der Waals surface area contributed by atoms with Crippen LogP contribution in [0.3, 0.4) is 0 Å². The molecule has 0 aromatic heterocycles. The molecule has 0 aliphatic carbocycles. The van der Waals surface area contributed by atoms with Gasteiger partial charge in [-0.05, 0) is 37.6 Å². The van der Waals surface area contributed by atoms with Crippen LogP contribution in [0.4, 0.5) is 0 Å². The number of hydrogen-bond acceptors (Lipinski definition) is 3. The molecule has 0 unspecified atom stereocenters. The lowest BCUT2D eigenvalue weighted by molar-refractivity contribution is -0.128. The highest BCUT2D eigenvalue weighted by Gasteiger charge is 2.18. The van der Waals surface area contributed by atoms with Gasteiger partial charge in [0.25, 0.3) is 0 Å². The van der Waals surface area contributed by atoms with Gasteiger partial charge in [0.2, 0.25) is 5.91 Å². The molecule has 2 aliphatic heterocycles. The lowest BCUT2D eigenvalue weighted by atomic mass is 10.1. The molecule has 1 N–H and O–H groups in total. The van der Waals surface area contributed by atoms with Gasteiger partial charge in [0.05, 0.1) is 5.75 Å². The maximum Gasteiger partial charge on any atom is 0.232 e. The molecule has 98 valence electrons. The quantitative estimate of drug-likeness (QED) is 0.831. The predicted molar refractivity (Wildman–Crippen MR) is 73.3 cm³/mol. The third-order valence-corrected chi connectivity index (χ3v) is 4.81. The normalized spacial score (nSPS) is 22.7. The molecule has 2 aliphatic rings. The van der Waals surface area contributed by atoms with E-state index >= 15 is 0 Å². The Hall–Kier alpha value is -0.220. The highest BCUT2D eigenvalue weighted by Crippen LogP contribution is 2.15. The second-order valence-corrected chi connectivity index (χ2v) is 6.22. The monoisotopic (exact) mass is 256 g/mol. The summed E-state index contributed by atoms with van der Waals surface area (Å²) in [6.45, 7) is 4.27. The van der Waals surface area contributed by atoms with Crippen molar-refractivity contribution in [1.82, 2.24) is 10.2 Å². The van der Waals surface area contributed by atoms with E-state index in [2.05, 4.69) is 10.2 Å². The zero-order chi connectivity index (χ0) is 11.9. The van der Waals surface area contributed by atoms with Crippen LogP contribution >= 0.6 is 11.8 Å². The Morgan fingerprint density at radius 1 is 1.12 bits per heavy atom. The van der Waals surface area contributed by atoms with Gasteiger partial charge in [-0.2, -0.15) is 11.8 Å². The first-order chi connectivity index (χ1) is 8.36. The summed E-state index contributed by atoms with van der Waals surface area (Å²) in [6, 6.07) is 0. The number of hydrogen-bond donors (Lipinski definition) is 1. The minimum absolute atomic E-state index is 0.365. The highest BCUT2D eigenvalue weighted by atomic mass is 32.2. The zero-order valence-corrected chi connectivity index (χ0v) is 11.4. The second-order valence-electron chi connectivity index (χ2n) is 5.19. The first kappa shape index (κ1) is 13.2. The molecule has 0 aromatic rings. The van der Waals surface area contributed by atoms with Crippen molar-refractivity contribution in [2.75, 3.05) is 37.7 Å². The molecule has 4 heteroatoms. The van der Waals surface area contributed by atoms with Crippen LogP contribution in [0.15, 0.2) is 0 Å². The van der Waals surface area contributed by atoms with Gasteiger partial charge in [-0.15, -0.1) is 0 Å². The number of nitrogens with one attached hydrogen (secondary N) is 1. The fourth-order valence-electron chi connectivity index (χ4n) is 2.37. The SMILES string of the molecule is O=C(CSCC1CNC1)N1CCCCCCC1. The maximum absolute atomic E-state index is 12.0. The van der Waals surface area contributed by atoms with Crippen molar-refractivity contribution < 1.29 is 4.79 Å². The molecule has 17 heavy (non-hydrogen) atoms. The van der Waals surface area contributed by atoms with E-state index in [-0.39, 0.29) is 0 Å².